The first-order valence-electron chi connectivity index (χ1n) is 4.97. The maximum atomic E-state index is 12.1. The molecule has 1 rings (SSSR count). The van der Waals surface area contributed by atoms with E-state index < -0.39 is 12.1 Å². The number of likely N-dealkylation sites (tertiary alicyclic amines) is 1. The minimum absolute atomic E-state index is 0.194. The van der Waals surface area contributed by atoms with E-state index in [1.165, 1.54) is 0 Å². The SMILES string of the molecule is CC(C)(C)CCN1CC(C(F)(F)F)C1. The number of alkyl halides is 3. The second-order valence-electron chi connectivity index (χ2n) is 5.31. The summed E-state index contributed by atoms with van der Waals surface area (Å²) in [4.78, 5) is 1.88. The Morgan fingerprint density at radius 2 is 1.64 bits per heavy atom. The molecule has 0 aromatic carbocycles. The lowest BCUT2D eigenvalue weighted by atomic mass is 9.90. The molecule has 0 spiro atoms. The summed E-state index contributed by atoms with van der Waals surface area (Å²) in [5.41, 5.74) is 0.212. The second-order valence-corrected chi connectivity index (χ2v) is 5.31. The molecule has 4 heteroatoms. The molecular formula is C10H18F3N. The van der Waals surface area contributed by atoms with Gasteiger partial charge >= 0.3 is 6.18 Å². The molecule has 1 nitrogen and oxygen atoms in total. The summed E-state index contributed by atoms with van der Waals surface area (Å²) in [6.07, 6.45) is -3.03. The Kier molecular flexibility index (Phi) is 3.14. The molecule has 0 aromatic heterocycles. The zero-order valence-electron chi connectivity index (χ0n) is 8.99. The van der Waals surface area contributed by atoms with Crippen LogP contribution in [0.3, 0.4) is 0 Å². The van der Waals surface area contributed by atoms with E-state index in [-0.39, 0.29) is 18.5 Å². The van der Waals surface area contributed by atoms with Gasteiger partial charge in [0.15, 0.2) is 0 Å². The fourth-order valence-corrected chi connectivity index (χ4v) is 1.45. The molecule has 0 unspecified atom stereocenters. The van der Waals surface area contributed by atoms with Crippen molar-refractivity contribution >= 4 is 0 Å². The van der Waals surface area contributed by atoms with Crippen molar-refractivity contribution in [3.63, 3.8) is 0 Å². The van der Waals surface area contributed by atoms with E-state index >= 15 is 0 Å². The first-order chi connectivity index (χ1) is 6.18. The quantitative estimate of drug-likeness (QED) is 0.676. The van der Waals surface area contributed by atoms with Crippen LogP contribution in [0.1, 0.15) is 27.2 Å². The molecule has 1 aliphatic heterocycles. The summed E-state index contributed by atoms with van der Waals surface area (Å²) in [6.45, 7) is 7.49. The molecule has 14 heavy (non-hydrogen) atoms. The fourth-order valence-electron chi connectivity index (χ4n) is 1.45. The molecule has 0 amide bonds. The lowest BCUT2D eigenvalue weighted by Crippen LogP contribution is -2.53. The van der Waals surface area contributed by atoms with Gasteiger partial charge in [-0.3, -0.25) is 0 Å². The largest absolute Gasteiger partial charge is 0.394 e. The van der Waals surface area contributed by atoms with Crippen molar-refractivity contribution in [1.29, 1.82) is 0 Å². The van der Waals surface area contributed by atoms with Crippen molar-refractivity contribution < 1.29 is 13.2 Å². The van der Waals surface area contributed by atoms with Gasteiger partial charge in [0.1, 0.15) is 0 Å². The van der Waals surface area contributed by atoms with Gasteiger partial charge < -0.3 is 4.90 Å². The molecule has 0 aromatic rings. The van der Waals surface area contributed by atoms with Crippen molar-refractivity contribution in [1.82, 2.24) is 4.90 Å². The molecule has 0 radical (unpaired) electrons. The maximum Gasteiger partial charge on any atom is 0.394 e. The third kappa shape index (κ3) is 3.48. The van der Waals surface area contributed by atoms with Crippen molar-refractivity contribution in [2.75, 3.05) is 19.6 Å². The molecule has 0 aliphatic carbocycles. The minimum atomic E-state index is -3.99. The Morgan fingerprint density at radius 3 is 2.00 bits per heavy atom. The van der Waals surface area contributed by atoms with E-state index in [0.717, 1.165) is 13.0 Å². The summed E-state index contributed by atoms with van der Waals surface area (Å²) in [6, 6.07) is 0. The van der Waals surface area contributed by atoms with Gasteiger partial charge in [-0.05, 0) is 18.4 Å². The van der Waals surface area contributed by atoms with Crippen LogP contribution in [0.4, 0.5) is 13.2 Å². The average molecular weight is 209 g/mol. The molecule has 1 saturated heterocycles. The standard InChI is InChI=1S/C10H18F3N/c1-9(2,3)4-5-14-6-8(7-14)10(11,12)13/h8H,4-7H2,1-3H3. The number of halogens is 3. The van der Waals surface area contributed by atoms with Crippen LogP contribution >= 0.6 is 0 Å². The molecule has 1 fully saturated rings. The van der Waals surface area contributed by atoms with Gasteiger partial charge in [0, 0.05) is 13.1 Å². The highest BCUT2D eigenvalue weighted by atomic mass is 19.4. The van der Waals surface area contributed by atoms with Gasteiger partial charge in [-0.15, -0.1) is 0 Å². The van der Waals surface area contributed by atoms with E-state index in [2.05, 4.69) is 20.8 Å². The smallest absolute Gasteiger partial charge is 0.302 e. The fraction of sp³-hybridized carbons (Fsp3) is 1.00. The van der Waals surface area contributed by atoms with E-state index in [0.29, 0.717) is 0 Å². The van der Waals surface area contributed by atoms with Crippen LogP contribution in [0.5, 0.6) is 0 Å². The molecule has 84 valence electrons. The van der Waals surface area contributed by atoms with Crippen molar-refractivity contribution in [3.05, 3.63) is 0 Å². The Hall–Kier alpha value is -0.250. The molecule has 0 atom stereocenters. The third-order valence-electron chi connectivity index (χ3n) is 2.60. The van der Waals surface area contributed by atoms with Gasteiger partial charge in [-0.2, -0.15) is 13.2 Å². The second kappa shape index (κ2) is 3.72. The lowest BCUT2D eigenvalue weighted by Gasteiger charge is -2.41. The Morgan fingerprint density at radius 1 is 1.14 bits per heavy atom. The van der Waals surface area contributed by atoms with Gasteiger partial charge in [0.05, 0.1) is 5.92 Å². The van der Waals surface area contributed by atoms with Gasteiger partial charge in [0.25, 0.3) is 0 Å². The average Bonchev–Trinajstić information content (AvgIpc) is 1.76. The van der Waals surface area contributed by atoms with Crippen LogP contribution in [-0.2, 0) is 0 Å². The number of nitrogens with zero attached hydrogens (tertiary/aromatic N) is 1. The number of hydrogen-bond acceptors (Lipinski definition) is 1. The van der Waals surface area contributed by atoms with Crippen LogP contribution in [-0.4, -0.2) is 30.7 Å². The predicted octanol–water partition coefficient (Wildman–Crippen LogP) is 2.92. The molecule has 1 heterocycles. The molecule has 0 bridgehead atoms. The van der Waals surface area contributed by atoms with E-state index in [1.54, 1.807) is 0 Å². The van der Waals surface area contributed by atoms with Crippen LogP contribution in [0.2, 0.25) is 0 Å². The predicted molar refractivity (Wildman–Crippen MR) is 50.1 cm³/mol. The molecule has 1 aliphatic rings. The van der Waals surface area contributed by atoms with Gasteiger partial charge in [-0.1, -0.05) is 20.8 Å². The normalized spacial score (nSPS) is 21.0. The van der Waals surface area contributed by atoms with E-state index in [4.69, 9.17) is 0 Å². The summed E-state index contributed by atoms with van der Waals surface area (Å²) >= 11 is 0. The summed E-state index contributed by atoms with van der Waals surface area (Å²) in [5, 5.41) is 0. The number of rotatable bonds is 2. The van der Waals surface area contributed by atoms with Crippen LogP contribution in [0.25, 0.3) is 0 Å². The van der Waals surface area contributed by atoms with E-state index in [9.17, 15) is 13.2 Å². The number of hydrogen-bond donors (Lipinski definition) is 0. The van der Waals surface area contributed by atoms with Crippen LogP contribution in [0.15, 0.2) is 0 Å². The highest BCUT2D eigenvalue weighted by molar-refractivity contribution is 4.85. The first-order valence-corrected chi connectivity index (χ1v) is 4.97. The van der Waals surface area contributed by atoms with Crippen LogP contribution in [0, 0.1) is 11.3 Å². The lowest BCUT2D eigenvalue weighted by molar-refractivity contribution is -0.209. The topological polar surface area (TPSA) is 3.24 Å². The highest BCUT2D eigenvalue weighted by Gasteiger charge is 2.46. The van der Waals surface area contributed by atoms with E-state index in [1.807, 2.05) is 4.90 Å². The third-order valence-corrected chi connectivity index (χ3v) is 2.60. The zero-order chi connectivity index (χ0) is 11.0. The minimum Gasteiger partial charge on any atom is -0.302 e. The molecule has 0 saturated carbocycles. The summed E-state index contributed by atoms with van der Waals surface area (Å²) in [5.74, 6) is -1.08. The van der Waals surface area contributed by atoms with Crippen LogP contribution < -0.4 is 0 Å². The maximum absolute atomic E-state index is 12.1. The zero-order valence-corrected chi connectivity index (χ0v) is 8.99. The summed E-state index contributed by atoms with van der Waals surface area (Å²) < 4.78 is 36.4. The summed E-state index contributed by atoms with van der Waals surface area (Å²) in [7, 11) is 0. The first kappa shape index (κ1) is 11.8. The highest BCUT2D eigenvalue weighted by Crippen LogP contribution is 2.34. The van der Waals surface area contributed by atoms with Crippen molar-refractivity contribution in [3.8, 4) is 0 Å². The monoisotopic (exact) mass is 209 g/mol. The molecule has 0 N–H and O–H groups in total. The van der Waals surface area contributed by atoms with Crippen molar-refractivity contribution in [2.24, 2.45) is 11.3 Å². The Bertz CT molecular complexity index is 184. The Balaban J connectivity index is 2.17. The van der Waals surface area contributed by atoms with Crippen molar-refractivity contribution in [2.45, 2.75) is 33.4 Å². The molecular weight excluding hydrogens is 191 g/mol. The Labute approximate surface area is 83.3 Å². The van der Waals surface area contributed by atoms with Gasteiger partial charge in [0.2, 0.25) is 0 Å². The van der Waals surface area contributed by atoms with Gasteiger partial charge in [-0.25, -0.2) is 0 Å².